The minimum atomic E-state index is -0.349. The Morgan fingerprint density at radius 1 is 1.19 bits per heavy atom. The van der Waals surface area contributed by atoms with Gasteiger partial charge in [0.05, 0.1) is 11.1 Å². The van der Waals surface area contributed by atoms with Gasteiger partial charge in [0.1, 0.15) is 11.2 Å². The molecular weight excluding hydrogens is 342 g/mol. The van der Waals surface area contributed by atoms with Crippen LogP contribution in [0, 0.1) is 20.8 Å². The van der Waals surface area contributed by atoms with Crippen LogP contribution in [0.2, 0.25) is 0 Å². The van der Waals surface area contributed by atoms with Gasteiger partial charge in [0.15, 0.2) is 0 Å². The topological polar surface area (TPSA) is 81.8 Å². The normalized spacial score (nSPS) is 11.1. The molecule has 0 aliphatic heterocycles. The first-order chi connectivity index (χ1) is 12.9. The Hall–Kier alpha value is -2.96. The summed E-state index contributed by atoms with van der Waals surface area (Å²) in [5.74, 6) is -0.349. The number of carbonyl (C=O) groups is 1. The average Bonchev–Trinajstić information content (AvgIpc) is 2.96. The van der Waals surface area contributed by atoms with E-state index in [4.69, 9.17) is 0 Å². The molecule has 0 fully saturated rings. The summed E-state index contributed by atoms with van der Waals surface area (Å²) in [5.41, 5.74) is 3.41. The molecule has 3 rings (SSSR count). The number of nitrogens with one attached hydrogen (secondary N) is 1. The number of carbonyl (C=O) groups excluding carboxylic acids is 1. The lowest BCUT2D eigenvalue weighted by atomic mass is 10.1. The monoisotopic (exact) mass is 367 g/mol. The van der Waals surface area contributed by atoms with Crippen molar-refractivity contribution in [3.63, 3.8) is 0 Å². The summed E-state index contributed by atoms with van der Waals surface area (Å²) in [6.07, 6.45) is 2.34. The molecule has 142 valence electrons. The van der Waals surface area contributed by atoms with Gasteiger partial charge in [0.25, 0.3) is 5.91 Å². The fourth-order valence-electron chi connectivity index (χ4n) is 3.19. The van der Waals surface area contributed by atoms with Crippen molar-refractivity contribution in [2.24, 2.45) is 0 Å². The molecule has 0 aliphatic carbocycles. The van der Waals surface area contributed by atoms with Crippen molar-refractivity contribution in [1.29, 1.82) is 0 Å². The SMILES string of the molecule is CCn1cc(C(=O)NCCCn2nc(C)cc2C)c(=O)c2ccc(C)nc21. The number of hydrogen-bond donors (Lipinski definition) is 1. The van der Waals surface area contributed by atoms with Crippen LogP contribution in [0.5, 0.6) is 0 Å². The molecule has 0 radical (unpaired) electrons. The summed E-state index contributed by atoms with van der Waals surface area (Å²) in [6.45, 7) is 9.65. The molecule has 0 spiro atoms. The number of rotatable bonds is 6. The van der Waals surface area contributed by atoms with E-state index < -0.39 is 0 Å². The standard InChI is InChI=1S/C20H25N5O2/c1-5-24-12-17(18(26)16-8-7-13(2)22-19(16)24)20(27)21-9-6-10-25-15(4)11-14(3)23-25/h7-8,11-12H,5-6,9-10H2,1-4H3,(H,21,27). The quantitative estimate of drug-likeness (QED) is 0.678. The van der Waals surface area contributed by atoms with Crippen molar-refractivity contribution in [3.8, 4) is 0 Å². The first-order valence-corrected chi connectivity index (χ1v) is 9.20. The molecule has 0 saturated carbocycles. The van der Waals surface area contributed by atoms with Crippen LogP contribution >= 0.6 is 0 Å². The summed E-state index contributed by atoms with van der Waals surface area (Å²) in [5, 5.41) is 7.73. The van der Waals surface area contributed by atoms with Gasteiger partial charge in [-0.1, -0.05) is 0 Å². The predicted molar refractivity (Wildman–Crippen MR) is 105 cm³/mol. The minimum Gasteiger partial charge on any atom is -0.352 e. The molecule has 0 unspecified atom stereocenters. The van der Waals surface area contributed by atoms with E-state index in [1.54, 1.807) is 18.3 Å². The Balaban J connectivity index is 1.73. The van der Waals surface area contributed by atoms with Crippen molar-refractivity contribution < 1.29 is 4.79 Å². The molecule has 0 aromatic carbocycles. The summed E-state index contributed by atoms with van der Waals surface area (Å²) in [7, 11) is 0. The zero-order valence-corrected chi connectivity index (χ0v) is 16.2. The maximum Gasteiger partial charge on any atom is 0.256 e. The van der Waals surface area contributed by atoms with Gasteiger partial charge in [-0.15, -0.1) is 0 Å². The third-order valence-electron chi connectivity index (χ3n) is 4.58. The third-order valence-corrected chi connectivity index (χ3v) is 4.58. The van der Waals surface area contributed by atoms with Crippen molar-refractivity contribution >= 4 is 16.9 Å². The van der Waals surface area contributed by atoms with Gasteiger partial charge in [-0.05, 0) is 52.3 Å². The van der Waals surface area contributed by atoms with Crippen LogP contribution in [0.1, 0.15) is 40.8 Å². The molecule has 27 heavy (non-hydrogen) atoms. The summed E-state index contributed by atoms with van der Waals surface area (Å²) < 4.78 is 3.77. The second-order valence-corrected chi connectivity index (χ2v) is 6.74. The third kappa shape index (κ3) is 3.92. The molecule has 1 amide bonds. The van der Waals surface area contributed by atoms with E-state index in [1.807, 2.05) is 43.0 Å². The van der Waals surface area contributed by atoms with Crippen LogP contribution in [0.3, 0.4) is 0 Å². The highest BCUT2D eigenvalue weighted by Gasteiger charge is 2.15. The number of hydrogen-bond acceptors (Lipinski definition) is 4. The highest BCUT2D eigenvalue weighted by Crippen LogP contribution is 2.11. The fraction of sp³-hybridized carbons (Fsp3) is 0.400. The lowest BCUT2D eigenvalue weighted by Gasteiger charge is -2.12. The Labute approximate surface area is 158 Å². The first kappa shape index (κ1) is 18.8. The largest absolute Gasteiger partial charge is 0.352 e. The summed E-state index contributed by atoms with van der Waals surface area (Å²) in [6, 6.07) is 5.56. The van der Waals surface area contributed by atoms with E-state index in [1.165, 1.54) is 0 Å². The second-order valence-electron chi connectivity index (χ2n) is 6.74. The lowest BCUT2D eigenvalue weighted by molar-refractivity contribution is 0.0951. The van der Waals surface area contributed by atoms with Gasteiger partial charge >= 0.3 is 0 Å². The number of nitrogens with zero attached hydrogens (tertiary/aromatic N) is 4. The van der Waals surface area contributed by atoms with Crippen molar-refractivity contribution in [2.45, 2.75) is 47.2 Å². The van der Waals surface area contributed by atoms with E-state index in [0.717, 1.165) is 30.0 Å². The predicted octanol–water partition coefficient (Wildman–Crippen LogP) is 2.36. The van der Waals surface area contributed by atoms with Gasteiger partial charge in [-0.25, -0.2) is 4.98 Å². The smallest absolute Gasteiger partial charge is 0.256 e. The zero-order chi connectivity index (χ0) is 19.6. The number of pyridine rings is 2. The molecule has 7 nitrogen and oxygen atoms in total. The van der Waals surface area contributed by atoms with E-state index in [2.05, 4.69) is 15.4 Å². The highest BCUT2D eigenvalue weighted by molar-refractivity contribution is 5.96. The molecular formula is C20H25N5O2. The van der Waals surface area contributed by atoms with Gasteiger partial charge in [0, 0.05) is 37.2 Å². The Morgan fingerprint density at radius 3 is 2.63 bits per heavy atom. The molecule has 1 N–H and O–H groups in total. The molecule has 7 heteroatoms. The molecule has 0 atom stereocenters. The van der Waals surface area contributed by atoms with Gasteiger partial charge < -0.3 is 9.88 Å². The molecule has 3 heterocycles. The molecule has 0 saturated heterocycles. The van der Waals surface area contributed by atoms with E-state index in [-0.39, 0.29) is 16.9 Å². The molecule has 3 aromatic heterocycles. The van der Waals surface area contributed by atoms with Crippen molar-refractivity contribution in [3.05, 3.63) is 57.3 Å². The highest BCUT2D eigenvalue weighted by atomic mass is 16.2. The maximum absolute atomic E-state index is 12.7. The average molecular weight is 367 g/mol. The molecule has 3 aromatic rings. The van der Waals surface area contributed by atoms with Crippen LogP contribution in [0.25, 0.3) is 11.0 Å². The zero-order valence-electron chi connectivity index (χ0n) is 16.2. The van der Waals surface area contributed by atoms with Gasteiger partial charge in [0.2, 0.25) is 5.43 Å². The molecule has 0 aliphatic rings. The molecule has 0 bridgehead atoms. The van der Waals surface area contributed by atoms with E-state index in [9.17, 15) is 9.59 Å². The van der Waals surface area contributed by atoms with Gasteiger partial charge in [-0.2, -0.15) is 5.10 Å². The Bertz CT molecular complexity index is 1050. The van der Waals surface area contributed by atoms with Crippen LogP contribution in [0.4, 0.5) is 0 Å². The van der Waals surface area contributed by atoms with Crippen molar-refractivity contribution in [1.82, 2.24) is 24.6 Å². The second kappa shape index (κ2) is 7.73. The maximum atomic E-state index is 12.7. The van der Waals surface area contributed by atoms with Crippen LogP contribution in [0.15, 0.2) is 29.2 Å². The number of amides is 1. The van der Waals surface area contributed by atoms with E-state index in [0.29, 0.717) is 24.1 Å². The van der Waals surface area contributed by atoms with E-state index >= 15 is 0 Å². The Kier molecular flexibility index (Phi) is 5.39. The first-order valence-electron chi connectivity index (χ1n) is 9.20. The summed E-state index contributed by atoms with van der Waals surface area (Å²) in [4.78, 5) is 29.7. The number of aryl methyl sites for hydroxylation is 5. The minimum absolute atomic E-state index is 0.154. The number of fused-ring (bicyclic) bond motifs is 1. The van der Waals surface area contributed by atoms with Gasteiger partial charge in [-0.3, -0.25) is 14.3 Å². The van der Waals surface area contributed by atoms with Crippen molar-refractivity contribution in [2.75, 3.05) is 6.54 Å². The Morgan fingerprint density at radius 2 is 1.96 bits per heavy atom. The lowest BCUT2D eigenvalue weighted by Crippen LogP contribution is -2.31. The summed E-state index contributed by atoms with van der Waals surface area (Å²) >= 11 is 0. The van der Waals surface area contributed by atoms with Crippen LogP contribution < -0.4 is 10.7 Å². The fourth-order valence-corrected chi connectivity index (χ4v) is 3.19. The van der Waals surface area contributed by atoms with Crippen LogP contribution in [-0.4, -0.2) is 31.8 Å². The van der Waals surface area contributed by atoms with Crippen LogP contribution in [-0.2, 0) is 13.1 Å². The number of aromatic nitrogens is 4.